The zero-order valence-corrected chi connectivity index (χ0v) is 14.4. The highest BCUT2D eigenvalue weighted by Crippen LogP contribution is 2.33. The molecule has 0 saturated carbocycles. The number of hydrogen-bond acceptors (Lipinski definition) is 3. The van der Waals surface area contributed by atoms with Crippen molar-refractivity contribution in [2.45, 2.75) is 32.0 Å². The van der Waals surface area contributed by atoms with E-state index < -0.39 is 11.6 Å². The number of imide groups is 1. The van der Waals surface area contributed by atoms with Crippen LogP contribution in [0.15, 0.2) is 60.7 Å². The molecule has 5 nitrogen and oxygen atoms in total. The van der Waals surface area contributed by atoms with Gasteiger partial charge in [0, 0.05) is 6.54 Å². The van der Waals surface area contributed by atoms with E-state index in [1.165, 1.54) is 0 Å². The summed E-state index contributed by atoms with van der Waals surface area (Å²) in [5.41, 5.74) is 0.583. The fraction of sp³-hybridized carbons (Fsp3) is 0.300. The molecule has 1 heterocycles. The lowest BCUT2D eigenvalue weighted by Gasteiger charge is -2.24. The largest absolute Gasteiger partial charge is 0.389 e. The SMILES string of the molecule is CC(C)(O)CN1C(=O)[C@@H](c2ccccc2)N(Cc2ccccc2)C1=O. The molecular formula is C20H22N2O3. The van der Waals surface area contributed by atoms with Crippen molar-refractivity contribution in [2.24, 2.45) is 0 Å². The van der Waals surface area contributed by atoms with Crippen LogP contribution in [-0.4, -0.2) is 39.0 Å². The lowest BCUT2D eigenvalue weighted by Crippen LogP contribution is -2.42. The highest BCUT2D eigenvalue weighted by Gasteiger charge is 2.47. The maximum absolute atomic E-state index is 12.9. The lowest BCUT2D eigenvalue weighted by atomic mass is 10.0. The molecule has 0 aromatic heterocycles. The highest BCUT2D eigenvalue weighted by atomic mass is 16.3. The summed E-state index contributed by atoms with van der Waals surface area (Å²) in [7, 11) is 0. The number of nitrogens with zero attached hydrogens (tertiary/aromatic N) is 2. The molecule has 1 fully saturated rings. The second kappa shape index (κ2) is 6.69. The third kappa shape index (κ3) is 3.72. The Hall–Kier alpha value is -2.66. The number of aliphatic hydroxyl groups is 1. The van der Waals surface area contributed by atoms with Crippen molar-refractivity contribution in [3.05, 3.63) is 71.8 Å². The van der Waals surface area contributed by atoms with Crippen molar-refractivity contribution in [3.8, 4) is 0 Å². The summed E-state index contributed by atoms with van der Waals surface area (Å²) < 4.78 is 0. The maximum atomic E-state index is 12.9. The zero-order chi connectivity index (χ0) is 18.0. The van der Waals surface area contributed by atoms with Crippen LogP contribution in [0.2, 0.25) is 0 Å². The molecule has 1 aliphatic heterocycles. The summed E-state index contributed by atoms with van der Waals surface area (Å²) >= 11 is 0. The standard InChI is InChI=1S/C20H22N2O3/c1-20(2,25)14-22-18(23)17(16-11-7-4-8-12-16)21(19(22)24)13-15-9-5-3-6-10-15/h3-12,17,25H,13-14H2,1-2H3/t17-/m1/s1. The van der Waals surface area contributed by atoms with Gasteiger partial charge in [-0.2, -0.15) is 0 Å². The first-order valence-corrected chi connectivity index (χ1v) is 8.30. The fourth-order valence-electron chi connectivity index (χ4n) is 3.07. The number of urea groups is 1. The molecule has 2 aromatic rings. The topological polar surface area (TPSA) is 60.9 Å². The van der Waals surface area contributed by atoms with E-state index >= 15 is 0 Å². The van der Waals surface area contributed by atoms with E-state index in [2.05, 4.69) is 0 Å². The second-order valence-corrected chi connectivity index (χ2v) is 6.95. The van der Waals surface area contributed by atoms with E-state index in [0.29, 0.717) is 6.54 Å². The Kier molecular flexibility index (Phi) is 4.59. The number of benzene rings is 2. The van der Waals surface area contributed by atoms with E-state index in [1.807, 2.05) is 60.7 Å². The van der Waals surface area contributed by atoms with Crippen LogP contribution in [0, 0.1) is 0 Å². The minimum atomic E-state index is -1.14. The maximum Gasteiger partial charge on any atom is 0.328 e. The Morgan fingerprint density at radius 1 is 0.960 bits per heavy atom. The zero-order valence-electron chi connectivity index (χ0n) is 14.4. The molecular weight excluding hydrogens is 316 g/mol. The Balaban J connectivity index is 1.96. The third-order valence-corrected chi connectivity index (χ3v) is 4.14. The van der Waals surface area contributed by atoms with Crippen LogP contribution in [0.5, 0.6) is 0 Å². The second-order valence-electron chi connectivity index (χ2n) is 6.95. The van der Waals surface area contributed by atoms with Gasteiger partial charge < -0.3 is 10.0 Å². The number of β-amino-alcohol motifs (C(OH)–C–C–N with tert-alkyl or cyclic N) is 1. The number of hydrogen-bond donors (Lipinski definition) is 1. The van der Waals surface area contributed by atoms with Gasteiger partial charge in [-0.25, -0.2) is 4.79 Å². The number of carbonyl (C=O) groups excluding carboxylic acids is 2. The summed E-state index contributed by atoms with van der Waals surface area (Å²) in [4.78, 5) is 28.6. The van der Waals surface area contributed by atoms with Crippen molar-refractivity contribution in [1.29, 1.82) is 0 Å². The van der Waals surface area contributed by atoms with Crippen molar-refractivity contribution in [2.75, 3.05) is 6.54 Å². The van der Waals surface area contributed by atoms with Gasteiger partial charge in [0.1, 0.15) is 6.04 Å². The number of carbonyl (C=O) groups is 2. The minimum absolute atomic E-state index is 0.0285. The van der Waals surface area contributed by atoms with Gasteiger partial charge in [0.25, 0.3) is 5.91 Å². The van der Waals surface area contributed by atoms with Crippen LogP contribution >= 0.6 is 0 Å². The van der Waals surface area contributed by atoms with Crippen LogP contribution in [0.1, 0.15) is 31.0 Å². The smallest absolute Gasteiger partial charge is 0.328 e. The molecule has 1 saturated heterocycles. The van der Waals surface area contributed by atoms with Crippen LogP contribution in [0.25, 0.3) is 0 Å². The van der Waals surface area contributed by atoms with Gasteiger partial charge in [-0.1, -0.05) is 60.7 Å². The predicted octanol–water partition coefficient (Wildman–Crippen LogP) is 2.96. The molecule has 0 bridgehead atoms. The summed E-state index contributed by atoms with van der Waals surface area (Å²) in [5.74, 6) is -0.297. The Labute approximate surface area is 147 Å². The molecule has 0 aliphatic carbocycles. The summed E-state index contributed by atoms with van der Waals surface area (Å²) in [6.45, 7) is 3.49. The van der Waals surface area contributed by atoms with Crippen LogP contribution in [0.4, 0.5) is 4.79 Å². The van der Waals surface area contributed by atoms with E-state index in [0.717, 1.165) is 16.0 Å². The van der Waals surface area contributed by atoms with Gasteiger partial charge in [-0.05, 0) is 25.0 Å². The average Bonchev–Trinajstić information content (AvgIpc) is 2.80. The minimum Gasteiger partial charge on any atom is -0.389 e. The predicted molar refractivity (Wildman–Crippen MR) is 94.6 cm³/mol. The van der Waals surface area contributed by atoms with Crippen LogP contribution in [0.3, 0.4) is 0 Å². The average molecular weight is 338 g/mol. The quantitative estimate of drug-likeness (QED) is 0.853. The molecule has 1 atom stereocenters. The fourth-order valence-corrected chi connectivity index (χ4v) is 3.07. The van der Waals surface area contributed by atoms with Crippen molar-refractivity contribution in [3.63, 3.8) is 0 Å². The van der Waals surface area contributed by atoms with Gasteiger partial charge in [0.05, 0.1) is 12.1 Å². The molecule has 3 amide bonds. The Morgan fingerprint density at radius 2 is 1.52 bits per heavy atom. The van der Waals surface area contributed by atoms with Crippen LogP contribution < -0.4 is 0 Å². The van der Waals surface area contributed by atoms with Gasteiger partial charge in [-0.15, -0.1) is 0 Å². The molecule has 25 heavy (non-hydrogen) atoms. The lowest BCUT2D eigenvalue weighted by molar-refractivity contribution is -0.130. The normalized spacial score (nSPS) is 18.1. The van der Waals surface area contributed by atoms with Crippen molar-refractivity contribution in [1.82, 2.24) is 9.80 Å². The molecule has 1 N–H and O–H groups in total. The first-order chi connectivity index (χ1) is 11.9. The molecule has 0 radical (unpaired) electrons. The third-order valence-electron chi connectivity index (χ3n) is 4.14. The first-order valence-electron chi connectivity index (χ1n) is 8.30. The summed E-state index contributed by atoms with van der Waals surface area (Å²) in [6, 6.07) is 17.8. The molecule has 1 aliphatic rings. The number of rotatable bonds is 5. The Morgan fingerprint density at radius 3 is 2.08 bits per heavy atom. The summed E-state index contributed by atoms with van der Waals surface area (Å²) in [5, 5.41) is 10.1. The molecule has 5 heteroatoms. The van der Waals surface area contributed by atoms with E-state index in [9.17, 15) is 14.7 Å². The van der Waals surface area contributed by atoms with Crippen molar-refractivity contribution >= 4 is 11.9 Å². The van der Waals surface area contributed by atoms with E-state index in [-0.39, 0.29) is 18.5 Å². The summed E-state index contributed by atoms with van der Waals surface area (Å²) in [6.07, 6.45) is 0. The van der Waals surface area contributed by atoms with Crippen LogP contribution in [-0.2, 0) is 11.3 Å². The molecule has 3 rings (SSSR count). The Bertz CT molecular complexity index is 754. The molecule has 130 valence electrons. The van der Waals surface area contributed by atoms with Gasteiger partial charge in [0.2, 0.25) is 0 Å². The van der Waals surface area contributed by atoms with Gasteiger partial charge >= 0.3 is 6.03 Å². The molecule has 0 spiro atoms. The molecule has 0 unspecified atom stereocenters. The first kappa shape index (κ1) is 17.2. The van der Waals surface area contributed by atoms with E-state index in [1.54, 1.807) is 18.7 Å². The van der Waals surface area contributed by atoms with Crippen molar-refractivity contribution < 1.29 is 14.7 Å². The molecule has 2 aromatic carbocycles. The monoisotopic (exact) mass is 338 g/mol. The van der Waals surface area contributed by atoms with Gasteiger partial charge in [0.15, 0.2) is 0 Å². The van der Waals surface area contributed by atoms with Gasteiger partial charge in [-0.3, -0.25) is 9.69 Å². The highest BCUT2D eigenvalue weighted by molar-refractivity contribution is 6.04. The van der Waals surface area contributed by atoms with E-state index in [4.69, 9.17) is 0 Å². The number of amides is 3.